The molecule has 0 amide bonds. The first-order valence-electron chi connectivity index (χ1n) is 0. The van der Waals surface area contributed by atoms with Crippen LogP contribution in [0.25, 0.3) is 0 Å². The molecule has 400 valence electrons. The van der Waals surface area contributed by atoms with E-state index in [2.05, 4.69) is 0 Å². The molecular formula is H100O50Zn100+200. The molecule has 0 radical (unpaired) electrons. The van der Waals surface area contributed by atoms with Crippen molar-refractivity contribution < 1.29 is 2220 Å². The molecule has 50 nitrogen and oxygen atoms in total. The van der Waals surface area contributed by atoms with Crippen LogP contribution in [0, 0.1) is 0 Å². The summed E-state index contributed by atoms with van der Waals surface area (Å²) in [6, 6.07) is 0. The molecule has 0 aromatic heterocycles. The van der Waals surface area contributed by atoms with E-state index in [4.69, 9.17) is 0 Å². The Balaban J connectivity index is 0. The van der Waals surface area contributed by atoms with Crippen LogP contribution in [0.5, 0.6) is 0 Å². The van der Waals surface area contributed by atoms with Gasteiger partial charge in [-0.25, -0.2) is 0 Å². The van der Waals surface area contributed by atoms with E-state index >= 15 is 0 Å². The summed E-state index contributed by atoms with van der Waals surface area (Å²) in [4.78, 5) is 0. The predicted molar refractivity (Wildman–Crippen MR) is 181 cm³/mol. The van der Waals surface area contributed by atoms with Crippen molar-refractivity contribution in [3.63, 3.8) is 0 Å². The maximum absolute atomic E-state index is 0. The summed E-state index contributed by atoms with van der Waals surface area (Å²) in [5, 5.41) is 0. The zero-order chi connectivity index (χ0) is 0. The zero-order valence-electron chi connectivity index (χ0n) is 95.7. The van der Waals surface area contributed by atoms with Crippen molar-refractivity contribution in [2.75, 3.05) is 0 Å². The second kappa shape index (κ2) is 2500. The molecule has 0 heterocycles. The molecule has 100 N–H and O–H groups in total. The van der Waals surface area contributed by atoms with Gasteiger partial charge in [0, 0.05) is 0 Å². The molecule has 0 saturated carbocycles. The van der Waals surface area contributed by atoms with Gasteiger partial charge in [0.2, 0.25) is 0 Å². The fraction of sp³-hybridized carbons (Fsp3) is 0. The van der Waals surface area contributed by atoms with Crippen LogP contribution in [-0.4, -0.2) is 274 Å². The molecule has 0 bridgehead atoms. The molecule has 0 aromatic carbocycles. The van der Waals surface area contributed by atoms with Crippen molar-refractivity contribution in [2.45, 2.75) is 0 Å². The van der Waals surface area contributed by atoms with Crippen LogP contribution < -0.4 is 0 Å². The van der Waals surface area contributed by atoms with Gasteiger partial charge in [0.15, 0.2) is 0 Å². The van der Waals surface area contributed by atoms with Crippen molar-refractivity contribution in [3.05, 3.63) is 0 Å². The van der Waals surface area contributed by atoms with Gasteiger partial charge in [0.1, 0.15) is 0 Å². The Labute approximate surface area is 2160 Å². The molecule has 0 saturated heterocycles. The van der Waals surface area contributed by atoms with E-state index in [9.17, 15) is 0 Å². The Morgan fingerprint density at radius 1 is 0.0133 bits per heavy atom. The second-order valence-corrected chi connectivity index (χ2v) is 0. The van der Waals surface area contributed by atoms with Crippen LogP contribution >= 0.6 is 0 Å². The molecule has 0 aliphatic carbocycles. The molecule has 0 aromatic rings. The summed E-state index contributed by atoms with van der Waals surface area (Å²) in [6.45, 7) is 0. The number of rotatable bonds is 0. The summed E-state index contributed by atoms with van der Waals surface area (Å²) in [5.74, 6) is 0. The van der Waals surface area contributed by atoms with Crippen molar-refractivity contribution in [1.29, 1.82) is 0 Å². The molecule has 0 fully saturated rings. The Kier molecular flexibility index (Phi) is 42100. The Bertz CT molecular complexity index is 138. The third-order valence-corrected chi connectivity index (χ3v) is 0. The van der Waals surface area contributed by atoms with E-state index in [1.807, 2.05) is 0 Å². The Hall–Kier alpha value is 60.3. The SMILES string of the molecule is O.O.O.O.O.O.O.O.O.O.O.O.O.O.O.O.O.O.O.O.O.O.O.O.O.O.O.O.O.O.O.O.O.O.O.O.O.O.O.O.O.O.O.O.O.O.O.O.O.O.[Zn+2].[Zn+2].[Zn+2].[Zn+2].[Zn+2].[Zn+2].[Zn+2].[Zn+2].[Zn+2].[Zn+2].[Zn+2].[Zn+2].[Zn+2].[Zn+2].[Zn+2].[Zn+2].[Zn+2].[Zn+2].[Zn+2].[Zn+2].[Zn+2].[Zn+2].[Zn+2].[Zn+2].[Zn+2].[Zn+2].[Zn+2].[Zn+2].[Zn+2].[Zn+2].[Zn+2].[Zn+2].[Zn+2].[Zn+2].[Zn+2].[Zn+2].[Zn+2].[Zn+2].[Zn+2].[Zn+2].[Zn+2].[Zn+2].[Zn+2].[Zn+2].[Zn+2].[Zn+2].[Zn+2].[Zn+2].[Zn+2].[Zn+2].[Zn+2].[Zn+2].[Zn+2].[Zn+2].[Zn+2].[Zn+2].[Zn+2].[Zn+2].[Zn+2].[Zn+2].[Zn+2].[Zn+2].[Zn+2].[Zn+2].[Zn+2].[Zn+2].[Zn+2].[Zn+2].[Zn+2].[Zn+2].[Zn+2].[Zn+2].[Zn+2].[Zn+2].[Zn+2].[Zn+2].[Zn+2].[Zn+2].[Zn+2].[Zn+2].[Zn+2].[Zn+2].[Zn+2].[Zn+2].[Zn+2].[Zn+2].[Zn+2].[Zn+2].[Zn+2].[Zn+2].[Zn+2].[Zn+2].[Zn+2].[Zn+2].[Zn+2].[Zn+2].[Zn+2].[Zn+2].[Zn+2].[Zn+2]. The predicted octanol–water partition coefficient (Wildman–Crippen LogP) is -41.5. The van der Waals surface area contributed by atoms with E-state index in [0.29, 0.717) is 0 Å². The van der Waals surface area contributed by atoms with E-state index in [0.717, 1.165) is 0 Å². The van der Waals surface area contributed by atoms with E-state index in [1.54, 1.807) is 0 Å². The van der Waals surface area contributed by atoms with Gasteiger partial charge in [-0.15, -0.1) is 0 Å². The molecular weight excluding hydrogens is 7340 g/mol. The minimum Gasteiger partial charge on any atom is -0.412 e. The molecule has 150 heavy (non-hydrogen) atoms. The first-order chi connectivity index (χ1) is 0. The first kappa shape index (κ1) is 2530. The maximum Gasteiger partial charge on any atom is 2.00 e. The average Bonchev–Trinajstić information content (AvgIpc) is 0. The topological polar surface area (TPSA) is 1580 Å². The van der Waals surface area contributed by atoms with Crippen LogP contribution in [-0.2, 0) is 1950 Å². The first-order valence-corrected chi connectivity index (χ1v) is 0. The number of hydrogen-bond acceptors (Lipinski definition) is 0. The molecule has 0 atom stereocenters. The fourth-order valence-corrected chi connectivity index (χ4v) is 0. The van der Waals surface area contributed by atoms with Crippen molar-refractivity contribution in [2.24, 2.45) is 0 Å². The molecule has 0 aliphatic heterocycles. The summed E-state index contributed by atoms with van der Waals surface area (Å²) < 4.78 is 0. The van der Waals surface area contributed by atoms with Crippen LogP contribution in [0.1, 0.15) is 0 Å². The van der Waals surface area contributed by atoms with E-state index in [-0.39, 0.29) is 2220 Å². The molecule has 0 spiro atoms. The summed E-state index contributed by atoms with van der Waals surface area (Å²) in [5.41, 5.74) is 0. The van der Waals surface area contributed by atoms with Crippen LogP contribution in [0.3, 0.4) is 0 Å². The zero-order valence-corrected chi connectivity index (χ0v) is 392. The standard InChI is InChI=1S/50H2O.100Zn/h50*1H2;;;;;;;;;;;;;;;;;;;;;;;;;;;;;;;;;;;;;;;;;;;;;;;;;;;;;;;;;;;;;;;;;;;;;;;;;;;;;;;;;;;;;;;;;;;;;;;;;;;;/q;;;;;;;;;;;;;;;;;;;;;;;;;;;;;;;;;;;;;;;;;;;;;;;;;;100*+2. The smallest absolute Gasteiger partial charge is 0.412 e. The van der Waals surface area contributed by atoms with E-state index < -0.39 is 0 Å². The van der Waals surface area contributed by atoms with Crippen LogP contribution in [0.4, 0.5) is 0 Å². The van der Waals surface area contributed by atoms with E-state index in [1.165, 1.54) is 0 Å². The molecule has 150 heteroatoms. The van der Waals surface area contributed by atoms with Crippen molar-refractivity contribution >= 4 is 0 Å². The third-order valence-electron chi connectivity index (χ3n) is 0. The summed E-state index contributed by atoms with van der Waals surface area (Å²) >= 11 is 0. The molecule has 0 unspecified atom stereocenters. The van der Waals surface area contributed by atoms with Gasteiger partial charge < -0.3 is 274 Å². The van der Waals surface area contributed by atoms with Crippen molar-refractivity contribution in [1.82, 2.24) is 0 Å². The van der Waals surface area contributed by atoms with Gasteiger partial charge in [-0.2, -0.15) is 0 Å². The summed E-state index contributed by atoms with van der Waals surface area (Å²) in [6.07, 6.45) is 0. The average molecular weight is 7440 g/mol. The molecule has 0 aliphatic rings. The van der Waals surface area contributed by atoms with Gasteiger partial charge in [0.25, 0.3) is 0 Å². The van der Waals surface area contributed by atoms with Gasteiger partial charge in [0.05, 0.1) is 0 Å². The Morgan fingerprint density at radius 3 is 0.0133 bits per heavy atom. The number of hydrogen-bond donors (Lipinski definition) is 0. The van der Waals surface area contributed by atoms with Crippen molar-refractivity contribution in [3.8, 4) is 0 Å². The fourth-order valence-electron chi connectivity index (χ4n) is 0. The summed E-state index contributed by atoms with van der Waals surface area (Å²) in [7, 11) is 0. The maximum atomic E-state index is 0. The molecule has 0 rings (SSSR count). The van der Waals surface area contributed by atoms with Gasteiger partial charge in [-0.1, -0.05) is 0 Å². The second-order valence-electron chi connectivity index (χ2n) is 0. The quantitative estimate of drug-likeness (QED) is 0.204. The minimum atomic E-state index is 0. The van der Waals surface area contributed by atoms with Gasteiger partial charge >= 0.3 is 1950 Å². The minimum absolute atomic E-state index is 0. The van der Waals surface area contributed by atoms with Gasteiger partial charge in [-0.3, -0.25) is 0 Å². The van der Waals surface area contributed by atoms with Crippen LogP contribution in [0.2, 0.25) is 0 Å². The largest absolute Gasteiger partial charge is 2.00 e. The van der Waals surface area contributed by atoms with Crippen LogP contribution in [0.15, 0.2) is 0 Å². The Morgan fingerprint density at radius 2 is 0.0133 bits per heavy atom. The monoisotopic (exact) mass is 7290 g/mol. The van der Waals surface area contributed by atoms with Gasteiger partial charge in [-0.05, 0) is 0 Å². The third kappa shape index (κ3) is 2460. The normalized spacial score (nSPS) is 0.